The first kappa shape index (κ1) is 17.7. The van der Waals surface area contributed by atoms with E-state index in [1.165, 1.54) is 0 Å². The molecular formula is C19H21N5O2S. The summed E-state index contributed by atoms with van der Waals surface area (Å²) in [6, 6.07) is 13.6. The molecule has 8 heteroatoms. The Bertz CT molecular complexity index is 969. The zero-order chi connectivity index (χ0) is 18.8. The number of hydrogen-bond acceptors (Lipinski definition) is 5. The predicted molar refractivity (Wildman–Crippen MR) is 104 cm³/mol. The van der Waals surface area contributed by atoms with Crippen molar-refractivity contribution in [3.63, 3.8) is 0 Å². The quantitative estimate of drug-likeness (QED) is 0.649. The fourth-order valence-corrected chi connectivity index (χ4v) is 3.56. The molecule has 140 valence electrons. The highest BCUT2D eigenvalue weighted by Gasteiger charge is 2.21. The number of amides is 1. The van der Waals surface area contributed by atoms with Crippen LogP contribution in [0.5, 0.6) is 0 Å². The van der Waals surface area contributed by atoms with Crippen molar-refractivity contribution < 1.29 is 9.21 Å². The molecule has 7 nitrogen and oxygen atoms in total. The Morgan fingerprint density at radius 2 is 1.85 bits per heavy atom. The first-order valence-corrected chi connectivity index (χ1v) is 9.31. The van der Waals surface area contributed by atoms with Gasteiger partial charge in [-0.25, -0.2) is 4.68 Å². The Labute approximate surface area is 162 Å². The van der Waals surface area contributed by atoms with Gasteiger partial charge in [-0.15, -0.1) is 5.10 Å². The van der Waals surface area contributed by atoms with Gasteiger partial charge in [-0.3, -0.25) is 14.3 Å². The van der Waals surface area contributed by atoms with Crippen LogP contribution in [0.1, 0.15) is 6.92 Å². The SMILES string of the molecule is CC(=O)N1CCN(Cn2nc(-c3ccco3)n(-c3ccccc3)c2=S)CC1. The zero-order valence-electron chi connectivity index (χ0n) is 15.1. The Kier molecular flexibility index (Phi) is 4.91. The van der Waals surface area contributed by atoms with Crippen LogP contribution in [0.15, 0.2) is 53.1 Å². The zero-order valence-corrected chi connectivity index (χ0v) is 15.9. The van der Waals surface area contributed by atoms with Gasteiger partial charge in [0.1, 0.15) is 0 Å². The second-order valence-electron chi connectivity index (χ2n) is 6.52. The van der Waals surface area contributed by atoms with Crippen molar-refractivity contribution in [3.8, 4) is 17.3 Å². The van der Waals surface area contributed by atoms with Crippen molar-refractivity contribution in [1.82, 2.24) is 24.1 Å². The van der Waals surface area contributed by atoms with Crippen LogP contribution in [0.2, 0.25) is 0 Å². The number of carbonyl (C=O) groups is 1. The second-order valence-corrected chi connectivity index (χ2v) is 6.88. The molecule has 1 aliphatic rings. The van der Waals surface area contributed by atoms with Gasteiger partial charge in [0.2, 0.25) is 16.5 Å². The van der Waals surface area contributed by atoms with Crippen molar-refractivity contribution in [2.24, 2.45) is 0 Å². The molecule has 4 rings (SSSR count). The summed E-state index contributed by atoms with van der Waals surface area (Å²) in [7, 11) is 0. The summed E-state index contributed by atoms with van der Waals surface area (Å²) in [5.74, 6) is 1.48. The van der Waals surface area contributed by atoms with Crippen LogP contribution in [-0.4, -0.2) is 56.2 Å². The van der Waals surface area contributed by atoms with Crippen molar-refractivity contribution in [1.29, 1.82) is 0 Å². The third-order valence-electron chi connectivity index (χ3n) is 4.75. The second kappa shape index (κ2) is 7.50. The highest BCUT2D eigenvalue weighted by molar-refractivity contribution is 7.71. The van der Waals surface area contributed by atoms with Crippen molar-refractivity contribution >= 4 is 18.1 Å². The number of aromatic nitrogens is 3. The maximum absolute atomic E-state index is 11.5. The number of rotatable bonds is 4. The summed E-state index contributed by atoms with van der Waals surface area (Å²) >= 11 is 5.73. The predicted octanol–water partition coefficient (Wildman–Crippen LogP) is 2.78. The number of benzene rings is 1. The van der Waals surface area contributed by atoms with Gasteiger partial charge in [-0.05, 0) is 36.5 Å². The van der Waals surface area contributed by atoms with E-state index < -0.39 is 0 Å². The number of para-hydroxylation sites is 1. The lowest BCUT2D eigenvalue weighted by atomic mass is 10.3. The van der Waals surface area contributed by atoms with E-state index in [0.717, 1.165) is 31.9 Å². The van der Waals surface area contributed by atoms with E-state index in [-0.39, 0.29) is 5.91 Å². The molecule has 1 amide bonds. The molecule has 1 fully saturated rings. The Hall–Kier alpha value is -2.71. The van der Waals surface area contributed by atoms with Crippen LogP contribution in [0.3, 0.4) is 0 Å². The molecule has 1 aromatic carbocycles. The summed E-state index contributed by atoms with van der Waals surface area (Å²) < 4.78 is 9.95. The highest BCUT2D eigenvalue weighted by Crippen LogP contribution is 2.23. The van der Waals surface area contributed by atoms with Crippen LogP contribution >= 0.6 is 12.2 Å². The van der Waals surface area contributed by atoms with Crippen LogP contribution in [0.4, 0.5) is 0 Å². The minimum Gasteiger partial charge on any atom is -0.461 e. The molecule has 0 spiro atoms. The minimum atomic E-state index is 0.125. The van der Waals surface area contributed by atoms with E-state index in [2.05, 4.69) is 4.90 Å². The molecule has 1 saturated heterocycles. The number of hydrogen-bond donors (Lipinski definition) is 0. The molecule has 0 radical (unpaired) electrons. The van der Waals surface area contributed by atoms with Crippen LogP contribution in [0, 0.1) is 4.77 Å². The van der Waals surface area contributed by atoms with Gasteiger partial charge < -0.3 is 9.32 Å². The molecule has 0 N–H and O–H groups in total. The smallest absolute Gasteiger partial charge is 0.219 e. The van der Waals surface area contributed by atoms with E-state index in [0.29, 0.717) is 23.0 Å². The maximum atomic E-state index is 11.5. The number of furan rings is 1. The topological polar surface area (TPSA) is 59.4 Å². The maximum Gasteiger partial charge on any atom is 0.219 e. The summed E-state index contributed by atoms with van der Waals surface area (Å²) in [6.07, 6.45) is 1.63. The molecule has 0 saturated carbocycles. The van der Waals surface area contributed by atoms with Crippen molar-refractivity contribution in [2.45, 2.75) is 13.6 Å². The molecule has 0 unspecified atom stereocenters. The lowest BCUT2D eigenvalue weighted by molar-refractivity contribution is -0.130. The molecule has 3 heterocycles. The molecular weight excluding hydrogens is 362 g/mol. The third-order valence-corrected chi connectivity index (χ3v) is 5.14. The summed E-state index contributed by atoms with van der Waals surface area (Å²) in [5.41, 5.74) is 0.946. The Morgan fingerprint density at radius 3 is 2.48 bits per heavy atom. The number of piperazine rings is 1. The van der Waals surface area contributed by atoms with E-state index in [9.17, 15) is 4.79 Å². The molecule has 0 atom stereocenters. The van der Waals surface area contributed by atoms with Gasteiger partial charge >= 0.3 is 0 Å². The van der Waals surface area contributed by atoms with Gasteiger partial charge in [-0.1, -0.05) is 18.2 Å². The fraction of sp³-hybridized carbons (Fsp3) is 0.316. The Balaban J connectivity index is 1.65. The average Bonchev–Trinajstić information content (AvgIpc) is 3.32. The van der Waals surface area contributed by atoms with E-state index in [1.807, 2.05) is 56.6 Å². The first-order valence-electron chi connectivity index (χ1n) is 8.90. The van der Waals surface area contributed by atoms with Crippen molar-refractivity contribution in [3.05, 3.63) is 53.5 Å². The molecule has 1 aliphatic heterocycles. The third kappa shape index (κ3) is 3.58. The largest absolute Gasteiger partial charge is 0.461 e. The normalized spacial score (nSPS) is 15.2. The van der Waals surface area contributed by atoms with Crippen LogP contribution in [0.25, 0.3) is 17.3 Å². The number of nitrogens with zero attached hydrogens (tertiary/aromatic N) is 5. The van der Waals surface area contributed by atoms with Crippen molar-refractivity contribution in [2.75, 3.05) is 26.2 Å². The molecule has 27 heavy (non-hydrogen) atoms. The molecule has 2 aromatic heterocycles. The number of carbonyl (C=O) groups excluding carboxylic acids is 1. The minimum absolute atomic E-state index is 0.125. The summed E-state index contributed by atoms with van der Waals surface area (Å²) in [5, 5.41) is 4.74. The van der Waals surface area contributed by atoms with E-state index in [1.54, 1.807) is 13.2 Å². The van der Waals surface area contributed by atoms with E-state index in [4.69, 9.17) is 21.7 Å². The van der Waals surface area contributed by atoms with Gasteiger partial charge in [0.25, 0.3) is 0 Å². The average molecular weight is 383 g/mol. The van der Waals surface area contributed by atoms with Crippen LogP contribution < -0.4 is 0 Å². The monoisotopic (exact) mass is 383 g/mol. The fourth-order valence-electron chi connectivity index (χ4n) is 3.27. The summed E-state index contributed by atoms with van der Waals surface area (Å²) in [4.78, 5) is 15.6. The van der Waals surface area contributed by atoms with Gasteiger partial charge in [0.15, 0.2) is 5.76 Å². The molecule has 0 aliphatic carbocycles. The lowest BCUT2D eigenvalue weighted by Crippen LogP contribution is -2.48. The van der Waals surface area contributed by atoms with Gasteiger partial charge in [0.05, 0.1) is 18.6 Å². The lowest BCUT2D eigenvalue weighted by Gasteiger charge is -2.33. The van der Waals surface area contributed by atoms with E-state index >= 15 is 0 Å². The van der Waals surface area contributed by atoms with Crippen LogP contribution in [-0.2, 0) is 11.5 Å². The first-order chi connectivity index (χ1) is 13.1. The molecule has 0 bridgehead atoms. The molecule has 3 aromatic rings. The standard InChI is InChI=1S/C19H21N5O2S/c1-15(25)22-11-9-21(10-12-22)14-23-19(27)24(16-6-3-2-4-7-16)18(20-23)17-8-5-13-26-17/h2-8,13H,9-12,14H2,1H3. The Morgan fingerprint density at radius 1 is 1.11 bits per heavy atom. The van der Waals surface area contributed by atoms with Gasteiger partial charge in [0, 0.05) is 33.1 Å². The summed E-state index contributed by atoms with van der Waals surface area (Å²) in [6.45, 7) is 5.26. The van der Waals surface area contributed by atoms with Gasteiger partial charge in [-0.2, -0.15) is 0 Å². The highest BCUT2D eigenvalue weighted by atomic mass is 32.1.